The van der Waals surface area contributed by atoms with Gasteiger partial charge in [0.2, 0.25) is 5.91 Å². The first-order valence-electron chi connectivity index (χ1n) is 9.91. The topological polar surface area (TPSA) is 91.2 Å². The van der Waals surface area contributed by atoms with Crippen molar-refractivity contribution in [2.45, 2.75) is 18.5 Å². The fourth-order valence-corrected chi connectivity index (χ4v) is 4.35. The average Bonchev–Trinajstić information content (AvgIpc) is 3.15. The zero-order valence-corrected chi connectivity index (χ0v) is 16.3. The van der Waals surface area contributed by atoms with Gasteiger partial charge < -0.3 is 9.47 Å². The molecule has 1 aromatic carbocycles. The van der Waals surface area contributed by atoms with Crippen molar-refractivity contribution in [2.24, 2.45) is 7.05 Å². The molecule has 2 saturated heterocycles. The van der Waals surface area contributed by atoms with Gasteiger partial charge in [0.25, 0.3) is 0 Å². The van der Waals surface area contributed by atoms with Crippen molar-refractivity contribution in [3.05, 3.63) is 48.5 Å². The molecule has 2 unspecified atom stereocenters. The van der Waals surface area contributed by atoms with Gasteiger partial charge in [-0.15, -0.1) is 0 Å². The van der Waals surface area contributed by atoms with Crippen molar-refractivity contribution < 1.29 is 4.79 Å². The molecule has 4 heterocycles. The molecule has 0 spiro atoms. The summed E-state index contributed by atoms with van der Waals surface area (Å²) in [7, 11) is 1.94. The number of carbonyl (C=O) groups is 1. The zero-order chi connectivity index (χ0) is 19.8. The van der Waals surface area contributed by atoms with E-state index in [0.717, 1.165) is 43.2 Å². The van der Waals surface area contributed by atoms with E-state index in [1.54, 1.807) is 12.7 Å². The highest BCUT2D eigenvalue weighted by Gasteiger charge is 2.36. The normalized spacial score (nSPS) is 23.3. The number of nitrogens with zero attached hydrogens (tertiary/aromatic N) is 6. The van der Waals surface area contributed by atoms with E-state index < -0.39 is 0 Å². The van der Waals surface area contributed by atoms with Crippen LogP contribution in [0.2, 0.25) is 0 Å². The third-order valence-electron chi connectivity index (χ3n) is 5.87. The van der Waals surface area contributed by atoms with Crippen LogP contribution >= 0.6 is 0 Å². The van der Waals surface area contributed by atoms with Crippen molar-refractivity contribution in [3.8, 4) is 0 Å². The molecule has 150 valence electrons. The van der Waals surface area contributed by atoms with E-state index in [1.165, 1.54) is 5.56 Å². The maximum absolute atomic E-state index is 12.1. The molecule has 3 aromatic rings. The van der Waals surface area contributed by atoms with Gasteiger partial charge in [0.1, 0.15) is 6.33 Å². The number of hydrogen-bond donors (Lipinski definition) is 2. The van der Waals surface area contributed by atoms with Gasteiger partial charge in [0.05, 0.1) is 12.4 Å². The summed E-state index contributed by atoms with van der Waals surface area (Å²) >= 11 is 0. The van der Waals surface area contributed by atoms with Gasteiger partial charge in [0.15, 0.2) is 17.0 Å². The Kier molecular flexibility index (Phi) is 4.61. The average molecular weight is 392 g/mol. The van der Waals surface area contributed by atoms with Crippen LogP contribution in [-0.2, 0) is 11.8 Å². The minimum atomic E-state index is 0.0376. The molecule has 2 atom stereocenters. The van der Waals surface area contributed by atoms with Crippen LogP contribution in [0.1, 0.15) is 18.0 Å². The van der Waals surface area contributed by atoms with Crippen molar-refractivity contribution in [1.82, 2.24) is 35.3 Å². The smallest absolute Gasteiger partial charge is 0.235 e. The lowest BCUT2D eigenvalue weighted by atomic mass is 9.93. The third kappa shape index (κ3) is 3.32. The predicted molar refractivity (Wildman–Crippen MR) is 109 cm³/mol. The summed E-state index contributed by atoms with van der Waals surface area (Å²) in [5, 5.41) is 0. The highest BCUT2D eigenvalue weighted by Crippen LogP contribution is 2.28. The first kappa shape index (κ1) is 18.0. The predicted octanol–water partition coefficient (Wildman–Crippen LogP) is 0.620. The van der Waals surface area contributed by atoms with Crippen molar-refractivity contribution in [2.75, 3.05) is 31.1 Å². The molecule has 29 heavy (non-hydrogen) atoms. The van der Waals surface area contributed by atoms with Crippen LogP contribution in [0.3, 0.4) is 0 Å². The first-order chi connectivity index (χ1) is 14.2. The summed E-state index contributed by atoms with van der Waals surface area (Å²) in [5.41, 5.74) is 8.88. The SMILES string of the molecule is Cn1cnc2c(N3CCN(C4CC(=O)NNC4c4ccccc4)CC3)ncnc21. The molecule has 0 aliphatic carbocycles. The monoisotopic (exact) mass is 392 g/mol. The number of aryl methyl sites for hydroxylation is 1. The van der Waals surface area contributed by atoms with Gasteiger partial charge in [-0.25, -0.2) is 20.4 Å². The van der Waals surface area contributed by atoms with E-state index in [-0.39, 0.29) is 18.0 Å². The number of piperazine rings is 1. The Morgan fingerprint density at radius 1 is 1.03 bits per heavy atom. The van der Waals surface area contributed by atoms with Crippen LogP contribution in [0, 0.1) is 0 Å². The molecule has 0 radical (unpaired) electrons. The number of benzene rings is 1. The van der Waals surface area contributed by atoms with Crippen LogP contribution in [-0.4, -0.2) is 62.5 Å². The molecule has 9 heteroatoms. The summed E-state index contributed by atoms with van der Waals surface area (Å²) in [4.78, 5) is 30.1. The van der Waals surface area contributed by atoms with E-state index >= 15 is 0 Å². The van der Waals surface area contributed by atoms with Gasteiger partial charge in [-0.05, 0) is 5.56 Å². The third-order valence-corrected chi connectivity index (χ3v) is 5.87. The molecular formula is C20H24N8O. The van der Waals surface area contributed by atoms with Gasteiger partial charge in [-0.3, -0.25) is 15.1 Å². The minimum Gasteiger partial charge on any atom is -0.352 e. The Morgan fingerprint density at radius 3 is 2.62 bits per heavy atom. The van der Waals surface area contributed by atoms with Crippen LogP contribution in [0.4, 0.5) is 5.82 Å². The van der Waals surface area contributed by atoms with Crippen LogP contribution in [0.5, 0.6) is 0 Å². The Bertz CT molecular complexity index is 1010. The number of fused-ring (bicyclic) bond motifs is 1. The largest absolute Gasteiger partial charge is 0.352 e. The standard InChI is InChI=1S/C20H24N8O/c1-26-13-23-18-19(26)21-12-22-20(18)28-9-7-27(8-10-28)15-11-16(29)24-25-17(15)14-5-3-2-4-6-14/h2-6,12-13,15,17,25H,7-11H2,1H3,(H,24,29). The molecule has 2 fully saturated rings. The van der Waals surface area contributed by atoms with E-state index in [2.05, 4.69) is 47.7 Å². The van der Waals surface area contributed by atoms with E-state index in [0.29, 0.717) is 6.42 Å². The summed E-state index contributed by atoms with van der Waals surface area (Å²) < 4.78 is 1.91. The van der Waals surface area contributed by atoms with Crippen molar-refractivity contribution >= 4 is 22.9 Å². The van der Waals surface area contributed by atoms with Gasteiger partial charge in [-0.1, -0.05) is 30.3 Å². The summed E-state index contributed by atoms with van der Waals surface area (Å²) in [6, 6.07) is 10.5. The molecule has 0 bridgehead atoms. The molecule has 1 amide bonds. The summed E-state index contributed by atoms with van der Waals surface area (Å²) in [6.07, 6.45) is 3.87. The van der Waals surface area contributed by atoms with Gasteiger partial charge in [-0.2, -0.15) is 0 Å². The minimum absolute atomic E-state index is 0.0376. The summed E-state index contributed by atoms with van der Waals surface area (Å²) in [6.45, 7) is 3.40. The maximum atomic E-state index is 12.1. The van der Waals surface area contributed by atoms with E-state index in [1.807, 2.05) is 29.8 Å². The maximum Gasteiger partial charge on any atom is 0.235 e. The molecule has 5 rings (SSSR count). The molecule has 2 N–H and O–H groups in total. The number of hydrazine groups is 1. The van der Waals surface area contributed by atoms with Crippen molar-refractivity contribution in [3.63, 3.8) is 0 Å². The van der Waals surface area contributed by atoms with Crippen LogP contribution in [0.15, 0.2) is 43.0 Å². The number of imidazole rings is 1. The number of aromatic nitrogens is 4. The molecule has 2 aliphatic rings. The molecule has 2 aliphatic heterocycles. The number of rotatable bonds is 3. The number of hydrogen-bond acceptors (Lipinski definition) is 7. The molecule has 0 saturated carbocycles. The highest BCUT2D eigenvalue weighted by atomic mass is 16.2. The second kappa shape index (κ2) is 7.41. The quantitative estimate of drug-likeness (QED) is 0.675. The van der Waals surface area contributed by atoms with Gasteiger partial charge >= 0.3 is 0 Å². The Balaban J connectivity index is 1.34. The summed E-state index contributed by atoms with van der Waals surface area (Å²) in [5.74, 6) is 0.921. The fraction of sp³-hybridized carbons (Fsp3) is 0.400. The lowest BCUT2D eigenvalue weighted by Crippen LogP contribution is -2.60. The number of carbonyl (C=O) groups excluding carboxylic acids is 1. The second-order valence-corrected chi connectivity index (χ2v) is 7.60. The van der Waals surface area contributed by atoms with E-state index in [9.17, 15) is 4.79 Å². The molecule has 9 nitrogen and oxygen atoms in total. The Morgan fingerprint density at radius 2 is 1.83 bits per heavy atom. The highest BCUT2D eigenvalue weighted by molar-refractivity contribution is 5.83. The lowest BCUT2D eigenvalue weighted by molar-refractivity contribution is -0.126. The Labute approximate surface area is 168 Å². The number of nitrogens with one attached hydrogen (secondary N) is 2. The Hall–Kier alpha value is -3.04. The number of amides is 1. The fourth-order valence-electron chi connectivity index (χ4n) is 4.35. The molecule has 2 aromatic heterocycles. The lowest BCUT2D eigenvalue weighted by Gasteiger charge is -2.44. The first-order valence-corrected chi connectivity index (χ1v) is 9.91. The van der Waals surface area contributed by atoms with E-state index in [4.69, 9.17) is 0 Å². The molecular weight excluding hydrogens is 368 g/mol. The zero-order valence-electron chi connectivity index (χ0n) is 16.3. The number of anilines is 1. The van der Waals surface area contributed by atoms with Gasteiger partial charge in [0, 0.05) is 45.7 Å². The second-order valence-electron chi connectivity index (χ2n) is 7.60. The van der Waals surface area contributed by atoms with Crippen LogP contribution < -0.4 is 15.8 Å². The van der Waals surface area contributed by atoms with Crippen molar-refractivity contribution in [1.29, 1.82) is 0 Å². The van der Waals surface area contributed by atoms with Crippen LogP contribution in [0.25, 0.3) is 11.2 Å².